The molecule has 0 radical (unpaired) electrons. The average molecular weight is 304 g/mol. The monoisotopic (exact) mass is 304 g/mol. The highest BCUT2D eigenvalue weighted by Gasteiger charge is 2.15. The van der Waals surface area contributed by atoms with Crippen molar-refractivity contribution in [3.05, 3.63) is 29.1 Å². The van der Waals surface area contributed by atoms with Gasteiger partial charge in [0.1, 0.15) is 11.5 Å². The largest absolute Gasteiger partial charge is 0.459 e. The second-order valence-corrected chi connectivity index (χ2v) is 5.72. The number of aryl methyl sites for hydroxylation is 1. The Hall–Kier alpha value is -1.99. The van der Waals surface area contributed by atoms with Crippen LogP contribution < -0.4 is 5.32 Å². The lowest BCUT2D eigenvalue weighted by atomic mass is 10.2. The second-order valence-electron chi connectivity index (χ2n) is 4.86. The van der Waals surface area contributed by atoms with Gasteiger partial charge in [-0.2, -0.15) is 4.98 Å². The van der Waals surface area contributed by atoms with E-state index in [0.717, 1.165) is 16.5 Å². The molecule has 1 atom stereocenters. The second kappa shape index (κ2) is 5.79. The predicted octanol–water partition coefficient (Wildman–Crippen LogP) is 2.91. The zero-order valence-corrected chi connectivity index (χ0v) is 12.9. The molecule has 110 valence electrons. The van der Waals surface area contributed by atoms with E-state index >= 15 is 0 Å². The summed E-state index contributed by atoms with van der Waals surface area (Å²) in [5, 5.41) is 9.83. The molecule has 0 saturated heterocycles. The Morgan fingerprint density at radius 1 is 1.33 bits per heavy atom. The third-order valence-electron chi connectivity index (χ3n) is 3.12. The summed E-state index contributed by atoms with van der Waals surface area (Å²) in [6.45, 7) is 3.97. The maximum Gasteiger partial charge on any atom is 0.277 e. The van der Waals surface area contributed by atoms with Gasteiger partial charge in [0.2, 0.25) is 0 Å². The van der Waals surface area contributed by atoms with E-state index in [1.165, 1.54) is 11.3 Å². The Balaban J connectivity index is 1.80. The Labute approximate surface area is 126 Å². The lowest BCUT2D eigenvalue weighted by Gasteiger charge is -2.04. The molecule has 21 heavy (non-hydrogen) atoms. The van der Waals surface area contributed by atoms with Crippen molar-refractivity contribution in [3.63, 3.8) is 0 Å². The minimum absolute atomic E-state index is 0.299. The Kier molecular flexibility index (Phi) is 3.85. The van der Waals surface area contributed by atoms with Gasteiger partial charge in [-0.15, -0.1) is 11.3 Å². The molecule has 3 heterocycles. The number of thiazole rings is 1. The summed E-state index contributed by atoms with van der Waals surface area (Å²) in [4.78, 5) is 8.87. The third kappa shape index (κ3) is 3.03. The van der Waals surface area contributed by atoms with Crippen molar-refractivity contribution in [2.45, 2.75) is 26.3 Å². The van der Waals surface area contributed by atoms with Gasteiger partial charge in [0, 0.05) is 17.8 Å². The van der Waals surface area contributed by atoms with Crippen LogP contribution in [0.15, 0.2) is 26.5 Å². The maximum atomic E-state index is 5.56. The van der Waals surface area contributed by atoms with Crippen LogP contribution >= 0.6 is 11.3 Å². The van der Waals surface area contributed by atoms with Crippen LogP contribution in [0.25, 0.3) is 22.4 Å². The van der Waals surface area contributed by atoms with Gasteiger partial charge in [-0.3, -0.25) is 0 Å². The van der Waals surface area contributed by atoms with E-state index in [1.54, 1.807) is 0 Å². The first-order chi connectivity index (χ1) is 10.2. The van der Waals surface area contributed by atoms with E-state index in [0.29, 0.717) is 29.9 Å². The van der Waals surface area contributed by atoms with Gasteiger partial charge in [-0.1, -0.05) is 5.16 Å². The molecule has 0 bridgehead atoms. The summed E-state index contributed by atoms with van der Waals surface area (Å²) in [5.41, 5.74) is 0.680. The van der Waals surface area contributed by atoms with Gasteiger partial charge >= 0.3 is 0 Å². The van der Waals surface area contributed by atoms with Gasteiger partial charge < -0.3 is 14.3 Å². The molecule has 7 heteroatoms. The van der Waals surface area contributed by atoms with Crippen molar-refractivity contribution in [2.24, 2.45) is 0 Å². The summed E-state index contributed by atoms with van der Waals surface area (Å²) < 4.78 is 10.8. The highest BCUT2D eigenvalue weighted by Crippen LogP contribution is 2.29. The molecular formula is C14H16N4O2S. The minimum Gasteiger partial charge on any atom is -0.459 e. The lowest BCUT2D eigenvalue weighted by molar-refractivity contribution is 0.417. The number of furan rings is 1. The van der Waals surface area contributed by atoms with Crippen LogP contribution in [0.1, 0.15) is 18.5 Å². The topological polar surface area (TPSA) is 77.0 Å². The molecule has 0 aliphatic rings. The van der Waals surface area contributed by atoms with E-state index in [9.17, 15) is 0 Å². The standard InChI is InChI=1S/C14H16N4O2S/c1-8(15-3)6-12-17-13(20-18-12)10-7-21-14(16-10)11-5-4-9(2)19-11/h4-5,7-8,15H,6H2,1-3H3. The summed E-state index contributed by atoms with van der Waals surface area (Å²) in [6.07, 6.45) is 0.717. The van der Waals surface area contributed by atoms with Crippen molar-refractivity contribution in [2.75, 3.05) is 7.05 Å². The summed E-state index contributed by atoms with van der Waals surface area (Å²) in [5.74, 6) is 2.74. The molecule has 6 nitrogen and oxygen atoms in total. The van der Waals surface area contributed by atoms with Gasteiger partial charge in [-0.25, -0.2) is 4.98 Å². The normalized spacial score (nSPS) is 12.7. The van der Waals surface area contributed by atoms with Crippen LogP contribution in [0.5, 0.6) is 0 Å². The molecule has 1 unspecified atom stereocenters. The molecule has 0 aromatic carbocycles. The van der Waals surface area contributed by atoms with Crippen LogP contribution in [0.4, 0.5) is 0 Å². The van der Waals surface area contributed by atoms with E-state index in [1.807, 2.05) is 31.5 Å². The first kappa shape index (κ1) is 14.0. The van der Waals surface area contributed by atoms with Gasteiger partial charge in [0.15, 0.2) is 16.6 Å². The summed E-state index contributed by atoms with van der Waals surface area (Å²) in [6, 6.07) is 4.12. The molecule has 0 fully saturated rings. The molecule has 0 amide bonds. The average Bonchev–Trinajstić information content (AvgIpc) is 3.17. The van der Waals surface area contributed by atoms with Crippen LogP contribution in [0.3, 0.4) is 0 Å². The Morgan fingerprint density at radius 2 is 2.19 bits per heavy atom. The fourth-order valence-electron chi connectivity index (χ4n) is 1.85. The van der Waals surface area contributed by atoms with Crippen LogP contribution in [-0.4, -0.2) is 28.2 Å². The summed E-state index contributed by atoms with van der Waals surface area (Å²) in [7, 11) is 1.91. The fraction of sp³-hybridized carbons (Fsp3) is 0.357. The van der Waals surface area contributed by atoms with Crippen LogP contribution in [0, 0.1) is 6.92 Å². The first-order valence-corrected chi connectivity index (χ1v) is 7.56. The molecule has 0 aliphatic heterocycles. The van der Waals surface area contributed by atoms with Crippen molar-refractivity contribution >= 4 is 11.3 Å². The molecule has 1 N–H and O–H groups in total. The van der Waals surface area contributed by atoms with E-state index in [-0.39, 0.29) is 0 Å². The molecule has 0 saturated carbocycles. The smallest absolute Gasteiger partial charge is 0.277 e. The molecule has 3 rings (SSSR count). The number of nitrogens with zero attached hydrogens (tertiary/aromatic N) is 3. The van der Waals surface area contributed by atoms with Crippen LogP contribution in [-0.2, 0) is 6.42 Å². The minimum atomic E-state index is 0.299. The Bertz CT molecular complexity index is 731. The van der Waals surface area contributed by atoms with E-state index in [2.05, 4.69) is 27.4 Å². The van der Waals surface area contributed by atoms with Gasteiger partial charge in [-0.05, 0) is 33.0 Å². The third-order valence-corrected chi connectivity index (χ3v) is 3.98. The molecule has 0 spiro atoms. The highest BCUT2D eigenvalue weighted by atomic mass is 32.1. The molecule has 0 aliphatic carbocycles. The number of hydrogen-bond acceptors (Lipinski definition) is 7. The predicted molar refractivity (Wildman–Crippen MR) is 80.1 cm³/mol. The van der Waals surface area contributed by atoms with Crippen LogP contribution in [0.2, 0.25) is 0 Å². The number of rotatable bonds is 5. The van der Waals surface area contributed by atoms with Gasteiger partial charge in [0.25, 0.3) is 5.89 Å². The van der Waals surface area contributed by atoms with Crippen molar-refractivity contribution in [3.8, 4) is 22.4 Å². The van der Waals surface area contributed by atoms with Crippen molar-refractivity contribution in [1.29, 1.82) is 0 Å². The summed E-state index contributed by atoms with van der Waals surface area (Å²) >= 11 is 1.49. The highest BCUT2D eigenvalue weighted by molar-refractivity contribution is 7.13. The van der Waals surface area contributed by atoms with Crippen molar-refractivity contribution < 1.29 is 8.94 Å². The molecular weight excluding hydrogens is 288 g/mol. The quantitative estimate of drug-likeness (QED) is 0.781. The van der Waals surface area contributed by atoms with E-state index < -0.39 is 0 Å². The number of aromatic nitrogens is 3. The number of hydrogen-bond donors (Lipinski definition) is 1. The zero-order valence-electron chi connectivity index (χ0n) is 12.1. The maximum absolute atomic E-state index is 5.56. The molecule has 3 aromatic heterocycles. The van der Waals surface area contributed by atoms with Crippen molar-refractivity contribution in [1.82, 2.24) is 20.4 Å². The number of likely N-dealkylation sites (N-methyl/N-ethyl adjacent to an activating group) is 1. The molecule has 3 aromatic rings. The number of nitrogens with one attached hydrogen (secondary N) is 1. The Morgan fingerprint density at radius 3 is 2.90 bits per heavy atom. The SMILES string of the molecule is CNC(C)Cc1noc(-c2csc(-c3ccc(C)o3)n2)n1. The zero-order chi connectivity index (χ0) is 14.8. The van der Waals surface area contributed by atoms with E-state index in [4.69, 9.17) is 8.94 Å². The lowest BCUT2D eigenvalue weighted by Crippen LogP contribution is -2.24. The van der Waals surface area contributed by atoms with Gasteiger partial charge in [0.05, 0.1) is 0 Å². The first-order valence-electron chi connectivity index (χ1n) is 6.68. The fourth-order valence-corrected chi connectivity index (χ4v) is 2.61.